The van der Waals surface area contributed by atoms with Crippen molar-refractivity contribution < 1.29 is 9.90 Å². The third kappa shape index (κ3) is 3.26. The first-order chi connectivity index (χ1) is 13.0. The van der Waals surface area contributed by atoms with Crippen molar-refractivity contribution >= 4 is 16.9 Å². The molecule has 0 radical (unpaired) electrons. The number of rotatable bonds is 3. The van der Waals surface area contributed by atoms with Gasteiger partial charge < -0.3 is 15.3 Å². The minimum atomic E-state index is -0.0150. The number of phenols is 1. The van der Waals surface area contributed by atoms with Gasteiger partial charge >= 0.3 is 0 Å². The van der Waals surface area contributed by atoms with Crippen molar-refractivity contribution in [2.24, 2.45) is 0 Å². The summed E-state index contributed by atoms with van der Waals surface area (Å²) in [5.74, 6) is 0.177. The van der Waals surface area contributed by atoms with E-state index in [1.165, 1.54) is 0 Å². The highest BCUT2D eigenvalue weighted by atomic mass is 16.3. The molecule has 3 heterocycles. The number of aryl methyl sites for hydroxylation is 1. The van der Waals surface area contributed by atoms with Gasteiger partial charge in [-0.05, 0) is 63.2 Å². The van der Waals surface area contributed by atoms with E-state index in [9.17, 15) is 9.90 Å². The molecule has 0 spiro atoms. The van der Waals surface area contributed by atoms with Gasteiger partial charge in [-0.2, -0.15) is 5.10 Å². The summed E-state index contributed by atoms with van der Waals surface area (Å²) in [6.45, 7) is 3.76. The van der Waals surface area contributed by atoms with Crippen LogP contribution >= 0.6 is 0 Å². The van der Waals surface area contributed by atoms with E-state index in [-0.39, 0.29) is 17.7 Å². The summed E-state index contributed by atoms with van der Waals surface area (Å²) in [4.78, 5) is 19.8. The molecule has 7 nitrogen and oxygen atoms in total. The molecule has 1 aliphatic heterocycles. The zero-order valence-electron chi connectivity index (χ0n) is 15.5. The number of nitrogens with one attached hydrogen (secondary N) is 2. The van der Waals surface area contributed by atoms with Gasteiger partial charge in [-0.1, -0.05) is 0 Å². The number of aromatic hydroxyl groups is 1. The van der Waals surface area contributed by atoms with E-state index >= 15 is 0 Å². The summed E-state index contributed by atoms with van der Waals surface area (Å²) in [6, 6.07) is 8.85. The molecule has 0 bridgehead atoms. The summed E-state index contributed by atoms with van der Waals surface area (Å²) >= 11 is 0. The average molecular weight is 365 g/mol. The molecule has 0 aliphatic carbocycles. The summed E-state index contributed by atoms with van der Waals surface area (Å²) in [6.07, 6.45) is 1.90. The molecule has 3 N–H and O–H groups in total. The zero-order chi connectivity index (χ0) is 19.0. The van der Waals surface area contributed by atoms with Gasteiger partial charge in [0, 0.05) is 24.3 Å². The number of pyridine rings is 1. The number of carbonyl (C=O) groups excluding carboxylic acids is 1. The summed E-state index contributed by atoms with van der Waals surface area (Å²) in [5.41, 5.74) is 3.46. The van der Waals surface area contributed by atoms with E-state index in [4.69, 9.17) is 0 Å². The first-order valence-corrected chi connectivity index (χ1v) is 9.17. The lowest BCUT2D eigenvalue weighted by Crippen LogP contribution is -2.44. The normalized spacial score (nSPS) is 15.2. The number of fused-ring (bicyclic) bond motifs is 1. The molecule has 27 heavy (non-hydrogen) atoms. The fraction of sp³-hybridized carbons (Fsp3) is 0.350. The van der Waals surface area contributed by atoms with Crippen molar-refractivity contribution in [3.8, 4) is 17.0 Å². The molecule has 4 rings (SSSR count). The summed E-state index contributed by atoms with van der Waals surface area (Å²) in [7, 11) is 1.88. The Morgan fingerprint density at radius 3 is 2.63 bits per heavy atom. The number of aromatic nitrogens is 3. The second-order valence-electron chi connectivity index (χ2n) is 7.05. The fourth-order valence-electron chi connectivity index (χ4n) is 3.67. The lowest BCUT2D eigenvalue weighted by molar-refractivity contribution is 0.0705. The predicted molar refractivity (Wildman–Crippen MR) is 104 cm³/mol. The molecular formula is C20H23N5O2. The van der Waals surface area contributed by atoms with Crippen LogP contribution in [0.3, 0.4) is 0 Å². The Morgan fingerprint density at radius 2 is 1.93 bits per heavy atom. The number of aromatic amines is 1. The first-order valence-electron chi connectivity index (χ1n) is 9.17. The van der Waals surface area contributed by atoms with Gasteiger partial charge in [-0.3, -0.25) is 9.89 Å². The van der Waals surface area contributed by atoms with Crippen LogP contribution in [0.5, 0.6) is 5.75 Å². The standard InChI is InChI=1S/C20H23N5O2/c1-12-18-16(20(27)25(2)14-7-9-21-10-8-14)11-17(22-19(18)24-23-12)13-3-5-15(26)6-4-13/h3-6,11,14,21,26H,7-10H2,1-2H3,(H,22,23,24). The molecule has 7 heteroatoms. The van der Waals surface area contributed by atoms with Gasteiger partial charge in [-0.25, -0.2) is 4.98 Å². The van der Waals surface area contributed by atoms with Crippen LogP contribution in [0.25, 0.3) is 22.3 Å². The third-order valence-electron chi connectivity index (χ3n) is 5.28. The quantitative estimate of drug-likeness (QED) is 0.663. The summed E-state index contributed by atoms with van der Waals surface area (Å²) in [5, 5.41) is 20.9. The van der Waals surface area contributed by atoms with E-state index in [0.717, 1.165) is 42.6 Å². The second-order valence-corrected chi connectivity index (χ2v) is 7.05. The molecule has 1 fully saturated rings. The number of nitrogens with zero attached hydrogens (tertiary/aromatic N) is 3. The Labute approximate surface area is 157 Å². The molecule has 0 atom stereocenters. The number of amides is 1. The van der Waals surface area contributed by atoms with Crippen LogP contribution in [-0.2, 0) is 0 Å². The van der Waals surface area contributed by atoms with E-state index in [1.54, 1.807) is 24.3 Å². The molecule has 1 amide bonds. The van der Waals surface area contributed by atoms with Gasteiger partial charge in [0.15, 0.2) is 5.65 Å². The minimum Gasteiger partial charge on any atom is -0.508 e. The number of hydrogen-bond acceptors (Lipinski definition) is 5. The maximum atomic E-state index is 13.3. The van der Waals surface area contributed by atoms with E-state index in [2.05, 4.69) is 20.5 Å². The third-order valence-corrected chi connectivity index (χ3v) is 5.28. The van der Waals surface area contributed by atoms with Crippen LogP contribution in [0.15, 0.2) is 30.3 Å². The molecule has 3 aromatic rings. The number of phenolic OH excluding ortho intramolecular Hbond substituents is 1. The molecular weight excluding hydrogens is 342 g/mol. The zero-order valence-corrected chi connectivity index (χ0v) is 15.5. The first kappa shape index (κ1) is 17.5. The Bertz CT molecular complexity index is 974. The number of H-pyrrole nitrogens is 1. The number of hydrogen-bond donors (Lipinski definition) is 3. The molecule has 0 saturated carbocycles. The average Bonchev–Trinajstić information content (AvgIpc) is 3.08. The topological polar surface area (TPSA) is 94.1 Å². The molecule has 0 unspecified atom stereocenters. The maximum absolute atomic E-state index is 13.3. The largest absolute Gasteiger partial charge is 0.508 e. The number of benzene rings is 1. The minimum absolute atomic E-state index is 0.0150. The highest BCUT2D eigenvalue weighted by Gasteiger charge is 2.26. The van der Waals surface area contributed by atoms with Crippen molar-refractivity contribution in [3.05, 3.63) is 41.6 Å². The molecule has 2 aromatic heterocycles. The molecule has 1 aromatic carbocycles. The van der Waals surface area contributed by atoms with Crippen LogP contribution in [0, 0.1) is 6.92 Å². The summed E-state index contributed by atoms with van der Waals surface area (Å²) < 4.78 is 0. The van der Waals surface area contributed by atoms with E-state index < -0.39 is 0 Å². The van der Waals surface area contributed by atoms with Crippen LogP contribution in [0.2, 0.25) is 0 Å². The van der Waals surface area contributed by atoms with Crippen LogP contribution in [0.4, 0.5) is 0 Å². The number of piperidine rings is 1. The SMILES string of the molecule is Cc1[nH]nc2nc(-c3ccc(O)cc3)cc(C(=O)N(C)C3CCNCC3)c12. The monoisotopic (exact) mass is 365 g/mol. The number of carbonyl (C=O) groups is 1. The highest BCUT2D eigenvalue weighted by Crippen LogP contribution is 2.28. The van der Waals surface area contributed by atoms with Gasteiger partial charge in [-0.15, -0.1) is 0 Å². The van der Waals surface area contributed by atoms with Crippen LogP contribution in [0.1, 0.15) is 28.9 Å². The van der Waals surface area contributed by atoms with Crippen LogP contribution in [-0.4, -0.2) is 57.3 Å². The van der Waals surface area contributed by atoms with Gasteiger partial charge in [0.05, 0.1) is 16.6 Å². The van der Waals surface area contributed by atoms with Crippen molar-refractivity contribution in [2.45, 2.75) is 25.8 Å². The van der Waals surface area contributed by atoms with Gasteiger partial charge in [0.25, 0.3) is 5.91 Å². The molecule has 140 valence electrons. The van der Waals surface area contributed by atoms with Crippen molar-refractivity contribution in [3.63, 3.8) is 0 Å². The van der Waals surface area contributed by atoms with Crippen LogP contribution < -0.4 is 5.32 Å². The lowest BCUT2D eigenvalue weighted by Gasteiger charge is -2.32. The van der Waals surface area contributed by atoms with Gasteiger partial charge in [0.1, 0.15) is 5.75 Å². The second kappa shape index (κ2) is 7.00. The maximum Gasteiger partial charge on any atom is 0.254 e. The predicted octanol–water partition coefficient (Wildman–Crippen LogP) is 2.46. The molecule has 1 aliphatic rings. The Hall–Kier alpha value is -2.93. The Kier molecular flexibility index (Phi) is 4.53. The molecule has 1 saturated heterocycles. The Balaban J connectivity index is 1.79. The van der Waals surface area contributed by atoms with E-state index in [0.29, 0.717) is 16.9 Å². The van der Waals surface area contributed by atoms with Gasteiger partial charge in [0.2, 0.25) is 0 Å². The smallest absolute Gasteiger partial charge is 0.254 e. The van der Waals surface area contributed by atoms with Crippen molar-refractivity contribution in [2.75, 3.05) is 20.1 Å². The van der Waals surface area contributed by atoms with Crippen molar-refractivity contribution in [1.82, 2.24) is 25.4 Å². The Morgan fingerprint density at radius 1 is 1.22 bits per heavy atom. The van der Waals surface area contributed by atoms with E-state index in [1.807, 2.05) is 24.9 Å². The fourth-order valence-corrected chi connectivity index (χ4v) is 3.67. The highest BCUT2D eigenvalue weighted by molar-refractivity contribution is 6.07. The van der Waals surface area contributed by atoms with Crippen molar-refractivity contribution in [1.29, 1.82) is 0 Å². The lowest BCUT2D eigenvalue weighted by atomic mass is 10.0.